The van der Waals surface area contributed by atoms with Gasteiger partial charge in [0.25, 0.3) is 0 Å². The fourth-order valence-electron chi connectivity index (χ4n) is 1.95. The lowest BCUT2D eigenvalue weighted by Gasteiger charge is -2.20. The third-order valence-corrected chi connectivity index (χ3v) is 3.69. The topological polar surface area (TPSA) is 55.3 Å². The molecule has 0 saturated carbocycles. The lowest BCUT2D eigenvalue weighted by molar-refractivity contribution is -0.141. The Bertz CT molecular complexity index is 405. The molecule has 5 nitrogen and oxygen atoms in total. The highest BCUT2D eigenvalue weighted by molar-refractivity contribution is 7.09. The zero-order chi connectivity index (χ0) is 12.4. The molecule has 0 N–H and O–H groups in total. The fourth-order valence-corrected chi connectivity index (χ4v) is 2.84. The summed E-state index contributed by atoms with van der Waals surface area (Å²) in [6, 6.07) is -0.187. The smallest absolute Gasteiger partial charge is 0.328 e. The fraction of sp³-hybridized carbons (Fsp3) is 0.727. The Labute approximate surface area is 105 Å². The van der Waals surface area contributed by atoms with E-state index in [1.807, 2.05) is 4.90 Å². The van der Waals surface area contributed by atoms with Gasteiger partial charge in [-0.2, -0.15) is 4.37 Å². The predicted molar refractivity (Wildman–Crippen MR) is 66.4 cm³/mol. The van der Waals surface area contributed by atoms with E-state index in [0.29, 0.717) is 5.92 Å². The van der Waals surface area contributed by atoms with Crippen LogP contribution in [0.5, 0.6) is 0 Å². The molecule has 1 saturated heterocycles. The number of hydrogen-bond acceptors (Lipinski definition) is 6. The summed E-state index contributed by atoms with van der Waals surface area (Å²) in [4.78, 5) is 18.1. The van der Waals surface area contributed by atoms with Crippen LogP contribution in [0.1, 0.15) is 38.4 Å². The van der Waals surface area contributed by atoms with Crippen LogP contribution < -0.4 is 4.90 Å². The second-order valence-corrected chi connectivity index (χ2v) is 5.19. The van der Waals surface area contributed by atoms with E-state index in [2.05, 4.69) is 23.2 Å². The summed E-state index contributed by atoms with van der Waals surface area (Å²) in [7, 11) is 1.43. The number of ether oxygens (including phenoxy) is 1. The molecule has 1 aromatic heterocycles. The number of anilines is 1. The van der Waals surface area contributed by atoms with Crippen LogP contribution in [0, 0.1) is 0 Å². The Morgan fingerprint density at radius 3 is 2.94 bits per heavy atom. The van der Waals surface area contributed by atoms with Gasteiger partial charge in [-0.25, -0.2) is 9.78 Å². The maximum absolute atomic E-state index is 11.6. The molecule has 17 heavy (non-hydrogen) atoms. The molecule has 0 aliphatic carbocycles. The molecule has 0 radical (unpaired) electrons. The molecule has 1 aliphatic heterocycles. The van der Waals surface area contributed by atoms with Gasteiger partial charge in [-0.3, -0.25) is 0 Å². The van der Waals surface area contributed by atoms with Gasteiger partial charge in [0.15, 0.2) is 0 Å². The Morgan fingerprint density at radius 2 is 2.35 bits per heavy atom. The van der Waals surface area contributed by atoms with Crippen LogP contribution in [0.2, 0.25) is 0 Å². The minimum Gasteiger partial charge on any atom is -0.467 e. The third-order valence-electron chi connectivity index (χ3n) is 2.92. The number of esters is 1. The molecule has 0 amide bonds. The number of carbonyl (C=O) groups excluding carboxylic acids is 1. The van der Waals surface area contributed by atoms with Gasteiger partial charge in [-0.05, 0) is 12.8 Å². The first kappa shape index (κ1) is 12.3. The summed E-state index contributed by atoms with van der Waals surface area (Å²) in [5.41, 5.74) is 0. The highest BCUT2D eigenvalue weighted by Crippen LogP contribution is 2.29. The van der Waals surface area contributed by atoms with Crippen LogP contribution in [-0.2, 0) is 9.53 Å². The number of rotatable bonds is 3. The van der Waals surface area contributed by atoms with E-state index >= 15 is 0 Å². The first-order chi connectivity index (χ1) is 8.13. The number of carbonyl (C=O) groups is 1. The van der Waals surface area contributed by atoms with Crippen molar-refractivity contribution in [3.63, 3.8) is 0 Å². The standard InChI is InChI=1S/C11H17N3O2S/c1-7(2)9-12-11(17-13-9)14-6-4-5-8(14)10(15)16-3/h7-8H,4-6H2,1-3H3. The van der Waals surface area contributed by atoms with Gasteiger partial charge in [0, 0.05) is 24.0 Å². The Kier molecular flexibility index (Phi) is 3.61. The molecular weight excluding hydrogens is 238 g/mol. The summed E-state index contributed by atoms with van der Waals surface area (Å²) in [6.45, 7) is 4.98. The summed E-state index contributed by atoms with van der Waals surface area (Å²) in [5.74, 6) is 0.989. The normalized spacial score (nSPS) is 20.0. The second-order valence-electron chi connectivity index (χ2n) is 4.46. The zero-order valence-corrected chi connectivity index (χ0v) is 11.2. The van der Waals surface area contributed by atoms with Crippen molar-refractivity contribution in [3.8, 4) is 0 Å². The minimum absolute atomic E-state index is 0.177. The van der Waals surface area contributed by atoms with E-state index in [-0.39, 0.29) is 12.0 Å². The van der Waals surface area contributed by atoms with Gasteiger partial charge < -0.3 is 9.64 Å². The lowest BCUT2D eigenvalue weighted by Crippen LogP contribution is -2.36. The monoisotopic (exact) mass is 255 g/mol. The van der Waals surface area contributed by atoms with Gasteiger partial charge in [-0.1, -0.05) is 13.8 Å². The largest absolute Gasteiger partial charge is 0.467 e. The molecule has 2 heterocycles. The van der Waals surface area contributed by atoms with Crippen LogP contribution in [0.25, 0.3) is 0 Å². The minimum atomic E-state index is -0.187. The summed E-state index contributed by atoms with van der Waals surface area (Å²) >= 11 is 1.36. The van der Waals surface area contributed by atoms with Crippen molar-refractivity contribution in [1.82, 2.24) is 9.36 Å². The lowest BCUT2D eigenvalue weighted by atomic mass is 10.2. The first-order valence-corrected chi connectivity index (χ1v) is 6.59. The number of nitrogens with zero attached hydrogens (tertiary/aromatic N) is 3. The molecule has 0 aromatic carbocycles. The van der Waals surface area contributed by atoms with Crippen molar-refractivity contribution >= 4 is 22.6 Å². The van der Waals surface area contributed by atoms with Crippen LogP contribution >= 0.6 is 11.5 Å². The average molecular weight is 255 g/mol. The number of aromatic nitrogens is 2. The van der Waals surface area contributed by atoms with E-state index in [1.54, 1.807) is 0 Å². The van der Waals surface area contributed by atoms with Crippen molar-refractivity contribution in [2.45, 2.75) is 38.6 Å². The van der Waals surface area contributed by atoms with E-state index in [9.17, 15) is 4.79 Å². The molecule has 1 atom stereocenters. The predicted octanol–water partition coefficient (Wildman–Crippen LogP) is 1.80. The Balaban J connectivity index is 2.17. The van der Waals surface area contributed by atoms with Gasteiger partial charge in [0.05, 0.1) is 7.11 Å². The summed E-state index contributed by atoms with van der Waals surface area (Å²) in [6.07, 6.45) is 1.83. The SMILES string of the molecule is COC(=O)C1CCCN1c1nc(C(C)C)ns1. The van der Waals surface area contributed by atoms with Crippen molar-refractivity contribution in [3.05, 3.63) is 5.82 Å². The quantitative estimate of drug-likeness (QED) is 0.771. The van der Waals surface area contributed by atoms with Gasteiger partial charge in [-0.15, -0.1) is 0 Å². The van der Waals surface area contributed by atoms with Gasteiger partial charge >= 0.3 is 5.97 Å². The first-order valence-electron chi connectivity index (χ1n) is 5.81. The van der Waals surface area contributed by atoms with Crippen LogP contribution in [0.4, 0.5) is 5.13 Å². The van der Waals surface area contributed by atoms with Gasteiger partial charge in [0.1, 0.15) is 11.9 Å². The molecule has 94 valence electrons. The summed E-state index contributed by atoms with van der Waals surface area (Å²) in [5, 5.41) is 0.835. The summed E-state index contributed by atoms with van der Waals surface area (Å²) < 4.78 is 9.13. The molecule has 1 unspecified atom stereocenters. The van der Waals surface area contributed by atoms with Crippen molar-refractivity contribution in [2.75, 3.05) is 18.6 Å². The molecule has 1 aliphatic rings. The van der Waals surface area contributed by atoms with Gasteiger partial charge in [0.2, 0.25) is 5.13 Å². The van der Waals surface area contributed by atoms with Crippen molar-refractivity contribution in [2.24, 2.45) is 0 Å². The Hall–Kier alpha value is -1.17. The van der Waals surface area contributed by atoms with E-state index < -0.39 is 0 Å². The van der Waals surface area contributed by atoms with E-state index in [0.717, 1.165) is 30.3 Å². The van der Waals surface area contributed by atoms with Crippen LogP contribution in [0.15, 0.2) is 0 Å². The van der Waals surface area contributed by atoms with Crippen LogP contribution in [-0.4, -0.2) is 35.0 Å². The highest BCUT2D eigenvalue weighted by atomic mass is 32.1. The molecule has 1 fully saturated rings. The van der Waals surface area contributed by atoms with E-state index in [4.69, 9.17) is 4.74 Å². The molecule has 1 aromatic rings. The number of methoxy groups -OCH3 is 1. The zero-order valence-electron chi connectivity index (χ0n) is 10.3. The van der Waals surface area contributed by atoms with E-state index in [1.165, 1.54) is 18.6 Å². The van der Waals surface area contributed by atoms with Crippen LogP contribution in [0.3, 0.4) is 0 Å². The Morgan fingerprint density at radius 1 is 1.59 bits per heavy atom. The number of hydrogen-bond donors (Lipinski definition) is 0. The maximum atomic E-state index is 11.6. The van der Waals surface area contributed by atoms with Crippen molar-refractivity contribution in [1.29, 1.82) is 0 Å². The molecular formula is C11H17N3O2S. The third kappa shape index (κ3) is 2.41. The maximum Gasteiger partial charge on any atom is 0.328 e. The second kappa shape index (κ2) is 5.00. The molecule has 0 bridgehead atoms. The average Bonchev–Trinajstić information content (AvgIpc) is 2.95. The molecule has 0 spiro atoms. The molecule has 2 rings (SSSR count). The van der Waals surface area contributed by atoms with Crippen molar-refractivity contribution < 1.29 is 9.53 Å². The molecule has 6 heteroatoms. The highest BCUT2D eigenvalue weighted by Gasteiger charge is 2.33.